The molecular formula is C14H20O2. The van der Waals surface area contributed by atoms with Crippen molar-refractivity contribution in [3.8, 4) is 0 Å². The summed E-state index contributed by atoms with van der Waals surface area (Å²) >= 11 is 0. The van der Waals surface area contributed by atoms with Crippen LogP contribution in [0.5, 0.6) is 0 Å². The van der Waals surface area contributed by atoms with E-state index in [1.54, 1.807) is 0 Å². The van der Waals surface area contributed by atoms with E-state index >= 15 is 0 Å². The fourth-order valence-electron chi connectivity index (χ4n) is 2.41. The molecule has 1 saturated heterocycles. The van der Waals surface area contributed by atoms with Crippen molar-refractivity contribution in [2.75, 3.05) is 13.2 Å². The number of ether oxygens (including phenoxy) is 1. The van der Waals surface area contributed by atoms with Gasteiger partial charge in [-0.25, -0.2) is 0 Å². The Morgan fingerprint density at radius 2 is 2.00 bits per heavy atom. The maximum absolute atomic E-state index is 9.93. The monoisotopic (exact) mass is 220 g/mol. The van der Waals surface area contributed by atoms with Gasteiger partial charge in [-0.2, -0.15) is 0 Å². The van der Waals surface area contributed by atoms with Gasteiger partial charge in [0.25, 0.3) is 0 Å². The average molecular weight is 220 g/mol. The molecule has 0 aliphatic carbocycles. The van der Waals surface area contributed by atoms with Gasteiger partial charge in [-0.3, -0.25) is 0 Å². The molecule has 1 aliphatic rings. The third-order valence-corrected chi connectivity index (χ3v) is 3.54. The van der Waals surface area contributed by atoms with Crippen molar-refractivity contribution >= 4 is 0 Å². The summed E-state index contributed by atoms with van der Waals surface area (Å²) in [5, 5.41) is 9.93. The average Bonchev–Trinajstić information content (AvgIpc) is 2.26. The first-order chi connectivity index (χ1) is 7.68. The number of hydrogen-bond donors (Lipinski definition) is 1. The molecular weight excluding hydrogens is 200 g/mol. The molecule has 2 unspecified atom stereocenters. The molecule has 0 radical (unpaired) electrons. The van der Waals surface area contributed by atoms with Crippen molar-refractivity contribution in [1.82, 2.24) is 0 Å². The molecule has 1 fully saturated rings. The summed E-state index contributed by atoms with van der Waals surface area (Å²) in [6.45, 7) is 5.66. The summed E-state index contributed by atoms with van der Waals surface area (Å²) in [5.41, 5.74) is 4.01. The molecule has 0 aromatic heterocycles. The minimum atomic E-state index is -0.201. The molecule has 88 valence electrons. The standard InChI is InChI=1S/C14H20O2/c1-10-4-3-5-11(2)13(10)8-12-9-16-7-6-14(12)15/h3-5,12,14-15H,6-9H2,1-2H3. The summed E-state index contributed by atoms with van der Waals surface area (Å²) in [6.07, 6.45) is 1.50. The molecule has 2 rings (SSSR count). The van der Waals surface area contributed by atoms with Crippen molar-refractivity contribution in [3.63, 3.8) is 0 Å². The lowest BCUT2D eigenvalue weighted by Crippen LogP contribution is -2.33. The molecule has 1 heterocycles. The van der Waals surface area contributed by atoms with E-state index in [0.29, 0.717) is 13.2 Å². The third-order valence-electron chi connectivity index (χ3n) is 3.54. The predicted octanol–water partition coefficient (Wildman–Crippen LogP) is 2.24. The van der Waals surface area contributed by atoms with E-state index in [1.165, 1.54) is 16.7 Å². The Kier molecular flexibility index (Phi) is 3.62. The second kappa shape index (κ2) is 4.98. The van der Waals surface area contributed by atoms with E-state index in [-0.39, 0.29) is 12.0 Å². The first-order valence-electron chi connectivity index (χ1n) is 5.99. The predicted molar refractivity (Wildman–Crippen MR) is 64.6 cm³/mol. The third kappa shape index (κ3) is 2.45. The van der Waals surface area contributed by atoms with Crippen LogP contribution in [0, 0.1) is 19.8 Å². The summed E-state index contributed by atoms with van der Waals surface area (Å²) in [4.78, 5) is 0. The Balaban J connectivity index is 2.13. The van der Waals surface area contributed by atoms with Crippen LogP contribution in [-0.4, -0.2) is 24.4 Å². The highest BCUT2D eigenvalue weighted by Gasteiger charge is 2.24. The van der Waals surface area contributed by atoms with Gasteiger partial charge in [0, 0.05) is 12.5 Å². The summed E-state index contributed by atoms with van der Waals surface area (Å²) in [5.74, 6) is 0.258. The quantitative estimate of drug-likeness (QED) is 0.828. The highest BCUT2D eigenvalue weighted by molar-refractivity contribution is 5.33. The van der Waals surface area contributed by atoms with E-state index in [1.807, 2.05) is 0 Å². The van der Waals surface area contributed by atoms with Crippen molar-refractivity contribution < 1.29 is 9.84 Å². The zero-order valence-electron chi connectivity index (χ0n) is 10.1. The Labute approximate surface area is 97.3 Å². The summed E-state index contributed by atoms with van der Waals surface area (Å²) in [7, 11) is 0. The lowest BCUT2D eigenvalue weighted by atomic mass is 9.88. The first-order valence-corrected chi connectivity index (χ1v) is 5.99. The highest BCUT2D eigenvalue weighted by Crippen LogP contribution is 2.23. The van der Waals surface area contributed by atoms with E-state index in [2.05, 4.69) is 32.0 Å². The van der Waals surface area contributed by atoms with Crippen molar-refractivity contribution in [1.29, 1.82) is 0 Å². The SMILES string of the molecule is Cc1cccc(C)c1CC1COCCC1O. The van der Waals surface area contributed by atoms with Crippen LogP contribution in [0.25, 0.3) is 0 Å². The first kappa shape index (κ1) is 11.6. The number of aliphatic hydroxyl groups excluding tert-OH is 1. The van der Waals surface area contributed by atoms with Gasteiger partial charge in [-0.1, -0.05) is 18.2 Å². The number of rotatable bonds is 2. The van der Waals surface area contributed by atoms with Gasteiger partial charge in [0.15, 0.2) is 0 Å². The maximum Gasteiger partial charge on any atom is 0.0615 e. The number of aliphatic hydroxyl groups is 1. The Morgan fingerprint density at radius 3 is 2.62 bits per heavy atom. The summed E-state index contributed by atoms with van der Waals surface area (Å²) < 4.78 is 5.44. The molecule has 16 heavy (non-hydrogen) atoms. The molecule has 0 saturated carbocycles. The van der Waals surface area contributed by atoms with Crippen LogP contribution in [0.4, 0.5) is 0 Å². The van der Waals surface area contributed by atoms with Crippen LogP contribution in [-0.2, 0) is 11.2 Å². The van der Waals surface area contributed by atoms with Crippen LogP contribution in [0.1, 0.15) is 23.1 Å². The van der Waals surface area contributed by atoms with Gasteiger partial charge in [-0.15, -0.1) is 0 Å². The molecule has 2 heteroatoms. The fraction of sp³-hybridized carbons (Fsp3) is 0.571. The van der Waals surface area contributed by atoms with Gasteiger partial charge in [0.2, 0.25) is 0 Å². The molecule has 2 nitrogen and oxygen atoms in total. The van der Waals surface area contributed by atoms with Gasteiger partial charge < -0.3 is 9.84 Å². The van der Waals surface area contributed by atoms with Crippen LogP contribution in [0.15, 0.2) is 18.2 Å². The van der Waals surface area contributed by atoms with E-state index in [0.717, 1.165) is 12.8 Å². The fourth-order valence-corrected chi connectivity index (χ4v) is 2.41. The van der Waals surface area contributed by atoms with E-state index in [4.69, 9.17) is 4.74 Å². The molecule has 0 bridgehead atoms. The van der Waals surface area contributed by atoms with Crippen LogP contribution in [0.3, 0.4) is 0 Å². The van der Waals surface area contributed by atoms with E-state index < -0.39 is 0 Å². The summed E-state index contributed by atoms with van der Waals surface area (Å²) in [6, 6.07) is 6.36. The topological polar surface area (TPSA) is 29.5 Å². The molecule has 2 atom stereocenters. The normalized spacial score (nSPS) is 25.7. The van der Waals surface area contributed by atoms with Crippen LogP contribution < -0.4 is 0 Å². The Bertz CT molecular complexity index is 340. The smallest absolute Gasteiger partial charge is 0.0615 e. The molecule has 0 spiro atoms. The van der Waals surface area contributed by atoms with Crippen LogP contribution in [0.2, 0.25) is 0 Å². The van der Waals surface area contributed by atoms with Gasteiger partial charge in [0.1, 0.15) is 0 Å². The highest BCUT2D eigenvalue weighted by atomic mass is 16.5. The van der Waals surface area contributed by atoms with Crippen molar-refractivity contribution in [2.45, 2.75) is 32.8 Å². The Hall–Kier alpha value is -0.860. The lowest BCUT2D eigenvalue weighted by Gasteiger charge is -2.28. The van der Waals surface area contributed by atoms with Gasteiger partial charge >= 0.3 is 0 Å². The molecule has 1 N–H and O–H groups in total. The largest absolute Gasteiger partial charge is 0.393 e. The number of benzene rings is 1. The zero-order valence-corrected chi connectivity index (χ0v) is 10.1. The lowest BCUT2D eigenvalue weighted by molar-refractivity contribution is -0.0351. The second-order valence-corrected chi connectivity index (χ2v) is 4.77. The minimum Gasteiger partial charge on any atom is -0.393 e. The van der Waals surface area contributed by atoms with Gasteiger partial charge in [-0.05, 0) is 43.4 Å². The molecule has 1 aromatic rings. The van der Waals surface area contributed by atoms with Gasteiger partial charge in [0.05, 0.1) is 12.7 Å². The second-order valence-electron chi connectivity index (χ2n) is 4.77. The number of hydrogen-bond acceptors (Lipinski definition) is 2. The zero-order chi connectivity index (χ0) is 11.5. The van der Waals surface area contributed by atoms with E-state index in [9.17, 15) is 5.11 Å². The van der Waals surface area contributed by atoms with Crippen molar-refractivity contribution in [3.05, 3.63) is 34.9 Å². The molecule has 0 amide bonds. The minimum absolute atomic E-state index is 0.201. The molecule has 1 aromatic carbocycles. The van der Waals surface area contributed by atoms with Crippen molar-refractivity contribution in [2.24, 2.45) is 5.92 Å². The molecule has 1 aliphatic heterocycles. The maximum atomic E-state index is 9.93. The number of aryl methyl sites for hydroxylation is 2. The van der Waals surface area contributed by atoms with Crippen LogP contribution >= 0.6 is 0 Å². The Morgan fingerprint density at radius 1 is 1.31 bits per heavy atom.